The molecule has 24 heavy (non-hydrogen) atoms. The van der Waals surface area contributed by atoms with Crippen LogP contribution < -0.4 is 9.80 Å². The van der Waals surface area contributed by atoms with Gasteiger partial charge >= 0.3 is 0 Å². The second-order valence-corrected chi connectivity index (χ2v) is 6.11. The summed E-state index contributed by atoms with van der Waals surface area (Å²) in [6, 6.07) is 3.84. The molecule has 2 aromatic heterocycles. The van der Waals surface area contributed by atoms with Gasteiger partial charge in [-0.15, -0.1) is 0 Å². The van der Waals surface area contributed by atoms with Crippen molar-refractivity contribution >= 4 is 22.4 Å². The van der Waals surface area contributed by atoms with Crippen LogP contribution in [0.3, 0.4) is 0 Å². The topological polar surface area (TPSA) is 32.3 Å². The summed E-state index contributed by atoms with van der Waals surface area (Å²) in [6.07, 6.45) is 8.01. The van der Waals surface area contributed by atoms with Gasteiger partial charge in [-0.1, -0.05) is 0 Å². The molecule has 0 atom stereocenters. The standard InChI is InChI=1S/C18H18F2N4/c19-13-3-1-7-23(11-13)17-9-18(24-8-2-4-14(20)12-24)22-16-10-21-6-5-15(16)17/h3-6,9-10H,1-2,7-8,11-12H2. The molecule has 0 bridgehead atoms. The largest absolute Gasteiger partial charge is 0.364 e. The number of aromatic nitrogens is 2. The van der Waals surface area contributed by atoms with Gasteiger partial charge in [-0.05, 0) is 31.1 Å². The smallest absolute Gasteiger partial charge is 0.131 e. The Kier molecular flexibility index (Phi) is 3.88. The van der Waals surface area contributed by atoms with Crippen molar-refractivity contribution in [1.29, 1.82) is 0 Å². The second kappa shape index (κ2) is 6.19. The Balaban J connectivity index is 1.79. The molecule has 0 amide bonds. The fourth-order valence-electron chi connectivity index (χ4n) is 3.28. The molecule has 6 heteroatoms. The Bertz CT molecular complexity index is 831. The quantitative estimate of drug-likeness (QED) is 0.840. The zero-order valence-electron chi connectivity index (χ0n) is 13.3. The Morgan fingerprint density at radius 3 is 2.42 bits per heavy atom. The van der Waals surface area contributed by atoms with Crippen LogP contribution >= 0.6 is 0 Å². The van der Waals surface area contributed by atoms with Crippen molar-refractivity contribution in [2.24, 2.45) is 0 Å². The van der Waals surface area contributed by atoms with Gasteiger partial charge in [-0.2, -0.15) is 0 Å². The number of anilines is 2. The van der Waals surface area contributed by atoms with Gasteiger partial charge in [-0.25, -0.2) is 13.8 Å². The van der Waals surface area contributed by atoms with Gasteiger partial charge in [0.2, 0.25) is 0 Å². The van der Waals surface area contributed by atoms with E-state index in [2.05, 4.69) is 9.97 Å². The SMILES string of the molecule is FC1=CCCN(c2cc(N3CCC=C(F)C3)c3ccncc3n2)C1. The molecule has 0 radical (unpaired) electrons. The third-order valence-electron chi connectivity index (χ3n) is 4.46. The van der Waals surface area contributed by atoms with Crippen LogP contribution in [0.4, 0.5) is 20.3 Å². The Hall–Kier alpha value is -2.50. The lowest BCUT2D eigenvalue weighted by Crippen LogP contribution is -2.31. The molecule has 4 rings (SSSR count). The highest BCUT2D eigenvalue weighted by Crippen LogP contribution is 2.32. The van der Waals surface area contributed by atoms with Crippen LogP contribution in [0, 0.1) is 0 Å². The van der Waals surface area contributed by atoms with Crippen LogP contribution in [0.1, 0.15) is 12.8 Å². The normalized spacial score (nSPS) is 18.6. The van der Waals surface area contributed by atoms with E-state index in [1.165, 1.54) is 0 Å². The number of fused-ring (bicyclic) bond motifs is 1. The number of hydrogen-bond donors (Lipinski definition) is 0. The molecular formula is C18H18F2N4. The molecule has 0 unspecified atom stereocenters. The Labute approximate surface area is 139 Å². The van der Waals surface area contributed by atoms with E-state index in [0.29, 0.717) is 18.7 Å². The summed E-state index contributed by atoms with van der Waals surface area (Å²) in [6.45, 7) is 1.96. The first-order valence-corrected chi connectivity index (χ1v) is 8.14. The molecule has 2 aliphatic heterocycles. The molecule has 4 nitrogen and oxygen atoms in total. The first-order chi connectivity index (χ1) is 11.7. The zero-order chi connectivity index (χ0) is 16.5. The monoisotopic (exact) mass is 328 g/mol. The molecule has 0 fully saturated rings. The predicted octanol–water partition coefficient (Wildman–Crippen LogP) is 3.76. The Morgan fingerprint density at radius 1 is 0.958 bits per heavy atom. The van der Waals surface area contributed by atoms with E-state index in [-0.39, 0.29) is 24.7 Å². The third-order valence-corrected chi connectivity index (χ3v) is 4.46. The van der Waals surface area contributed by atoms with Crippen LogP contribution in [-0.2, 0) is 0 Å². The van der Waals surface area contributed by atoms with Crippen molar-refractivity contribution in [1.82, 2.24) is 9.97 Å². The van der Waals surface area contributed by atoms with Gasteiger partial charge in [0.1, 0.15) is 17.5 Å². The van der Waals surface area contributed by atoms with Crippen molar-refractivity contribution in [2.75, 3.05) is 36.0 Å². The summed E-state index contributed by atoms with van der Waals surface area (Å²) in [7, 11) is 0. The highest BCUT2D eigenvalue weighted by Gasteiger charge is 2.20. The molecule has 124 valence electrons. The summed E-state index contributed by atoms with van der Waals surface area (Å²) in [5.41, 5.74) is 1.67. The van der Waals surface area contributed by atoms with E-state index in [1.54, 1.807) is 24.5 Å². The van der Waals surface area contributed by atoms with E-state index < -0.39 is 0 Å². The van der Waals surface area contributed by atoms with E-state index >= 15 is 0 Å². The average Bonchev–Trinajstić information content (AvgIpc) is 2.61. The van der Waals surface area contributed by atoms with Crippen LogP contribution in [0.25, 0.3) is 10.9 Å². The highest BCUT2D eigenvalue weighted by atomic mass is 19.1. The zero-order valence-corrected chi connectivity index (χ0v) is 13.3. The fraction of sp³-hybridized carbons (Fsp3) is 0.333. The van der Waals surface area contributed by atoms with Crippen molar-refractivity contribution in [2.45, 2.75) is 12.8 Å². The van der Waals surface area contributed by atoms with Gasteiger partial charge in [0.15, 0.2) is 0 Å². The molecule has 0 N–H and O–H groups in total. The van der Waals surface area contributed by atoms with Crippen molar-refractivity contribution in [3.05, 3.63) is 48.3 Å². The van der Waals surface area contributed by atoms with Crippen molar-refractivity contribution in [3.63, 3.8) is 0 Å². The molecule has 2 aromatic rings. The highest BCUT2D eigenvalue weighted by molar-refractivity contribution is 5.93. The second-order valence-electron chi connectivity index (χ2n) is 6.11. The van der Waals surface area contributed by atoms with Crippen LogP contribution in [0.2, 0.25) is 0 Å². The average molecular weight is 328 g/mol. The lowest BCUT2D eigenvalue weighted by Gasteiger charge is -2.31. The number of pyridine rings is 2. The number of hydrogen-bond acceptors (Lipinski definition) is 4. The maximum atomic E-state index is 13.7. The van der Waals surface area contributed by atoms with E-state index in [0.717, 1.165) is 29.7 Å². The minimum atomic E-state index is -0.136. The lowest BCUT2D eigenvalue weighted by atomic mass is 10.1. The minimum absolute atomic E-state index is 0.117. The van der Waals surface area contributed by atoms with Crippen LogP contribution in [0.5, 0.6) is 0 Å². The molecule has 0 aromatic carbocycles. The summed E-state index contributed by atoms with van der Waals surface area (Å²) < 4.78 is 27.4. The van der Waals surface area contributed by atoms with Crippen molar-refractivity contribution in [3.8, 4) is 0 Å². The van der Waals surface area contributed by atoms with Gasteiger partial charge in [0.05, 0.1) is 30.5 Å². The lowest BCUT2D eigenvalue weighted by molar-refractivity contribution is 0.572. The van der Waals surface area contributed by atoms with Gasteiger partial charge in [-0.3, -0.25) is 4.98 Å². The molecular weight excluding hydrogens is 310 g/mol. The number of rotatable bonds is 2. The summed E-state index contributed by atoms with van der Waals surface area (Å²) in [5.74, 6) is 0.459. The maximum Gasteiger partial charge on any atom is 0.131 e. The molecule has 0 saturated carbocycles. The predicted molar refractivity (Wildman–Crippen MR) is 91.6 cm³/mol. The minimum Gasteiger partial charge on any atom is -0.364 e. The third kappa shape index (κ3) is 2.84. The van der Waals surface area contributed by atoms with Crippen LogP contribution in [-0.4, -0.2) is 36.1 Å². The first kappa shape index (κ1) is 15.1. The molecule has 0 spiro atoms. The van der Waals surface area contributed by atoms with Crippen molar-refractivity contribution < 1.29 is 8.78 Å². The molecule has 2 aliphatic rings. The van der Waals surface area contributed by atoms with Gasteiger partial charge < -0.3 is 9.80 Å². The number of halogens is 2. The van der Waals surface area contributed by atoms with E-state index in [4.69, 9.17) is 0 Å². The number of nitrogens with zero attached hydrogens (tertiary/aromatic N) is 4. The van der Waals surface area contributed by atoms with Crippen LogP contribution in [0.15, 0.2) is 48.3 Å². The van der Waals surface area contributed by atoms with Gasteiger partial charge in [0.25, 0.3) is 0 Å². The summed E-state index contributed by atoms with van der Waals surface area (Å²) >= 11 is 0. The summed E-state index contributed by atoms with van der Waals surface area (Å²) in [4.78, 5) is 12.7. The van der Waals surface area contributed by atoms with Gasteiger partial charge in [0, 0.05) is 30.7 Å². The fourth-order valence-corrected chi connectivity index (χ4v) is 3.28. The molecule has 0 aliphatic carbocycles. The van der Waals surface area contributed by atoms with E-state index in [9.17, 15) is 8.78 Å². The maximum absolute atomic E-state index is 13.7. The molecule has 0 saturated heterocycles. The molecule has 4 heterocycles. The summed E-state index contributed by atoms with van der Waals surface area (Å²) in [5, 5.41) is 0.941. The first-order valence-electron chi connectivity index (χ1n) is 8.14. The van der Waals surface area contributed by atoms with E-state index in [1.807, 2.05) is 21.9 Å². The Morgan fingerprint density at radius 2 is 1.67 bits per heavy atom.